The van der Waals surface area contributed by atoms with Crippen molar-refractivity contribution in [1.29, 1.82) is 0 Å². The Hall–Kier alpha value is -1.51. The molecular formula is C19H30O3. The fourth-order valence-electron chi connectivity index (χ4n) is 2.56. The monoisotopic (exact) mass is 306 g/mol. The molecular weight excluding hydrogens is 276 g/mol. The van der Waals surface area contributed by atoms with Gasteiger partial charge in [0.2, 0.25) is 0 Å². The van der Waals surface area contributed by atoms with Gasteiger partial charge in [-0.15, -0.1) is 0 Å². The maximum atomic E-state index is 12.0. The maximum absolute atomic E-state index is 12.0. The molecule has 0 radical (unpaired) electrons. The van der Waals surface area contributed by atoms with Crippen LogP contribution < -0.4 is 4.74 Å². The molecule has 0 aliphatic rings. The lowest BCUT2D eigenvalue weighted by molar-refractivity contribution is -0.158. The molecule has 1 aromatic rings. The molecule has 0 saturated heterocycles. The number of hydrogen-bond donors (Lipinski definition) is 0. The Morgan fingerprint density at radius 2 is 1.86 bits per heavy atom. The molecule has 0 bridgehead atoms. The zero-order chi connectivity index (χ0) is 16.6. The predicted molar refractivity (Wildman–Crippen MR) is 90.3 cm³/mol. The topological polar surface area (TPSA) is 35.5 Å². The largest absolute Gasteiger partial charge is 0.476 e. The Balaban J connectivity index is 2.97. The number of unbranched alkanes of at least 4 members (excludes halogenated alkanes) is 1. The van der Waals surface area contributed by atoms with Crippen molar-refractivity contribution in [2.75, 3.05) is 6.61 Å². The summed E-state index contributed by atoms with van der Waals surface area (Å²) in [7, 11) is 0. The summed E-state index contributed by atoms with van der Waals surface area (Å²) in [5, 5.41) is 0. The Morgan fingerprint density at radius 1 is 1.18 bits per heavy atom. The molecule has 0 fully saturated rings. The minimum absolute atomic E-state index is 0.327. The molecule has 3 heteroatoms. The maximum Gasteiger partial charge on any atom is 0.349 e. The van der Waals surface area contributed by atoms with Gasteiger partial charge < -0.3 is 9.47 Å². The van der Waals surface area contributed by atoms with Crippen LogP contribution in [0.25, 0.3) is 0 Å². The molecule has 22 heavy (non-hydrogen) atoms. The number of carbonyl (C=O) groups excluding carboxylic acids is 1. The second kappa shape index (κ2) is 8.82. The predicted octanol–water partition coefficient (Wildman–Crippen LogP) is 5.09. The third-order valence-electron chi connectivity index (χ3n) is 3.89. The van der Waals surface area contributed by atoms with Crippen molar-refractivity contribution in [2.45, 2.75) is 71.8 Å². The summed E-state index contributed by atoms with van der Waals surface area (Å²) < 4.78 is 11.1. The summed E-state index contributed by atoms with van der Waals surface area (Å²) in [6.45, 7) is 10.1. The van der Waals surface area contributed by atoms with E-state index in [1.54, 1.807) is 20.8 Å². The van der Waals surface area contributed by atoms with E-state index in [0.717, 1.165) is 18.6 Å². The first-order valence-corrected chi connectivity index (χ1v) is 8.41. The fourth-order valence-corrected chi connectivity index (χ4v) is 2.56. The quantitative estimate of drug-likeness (QED) is 0.596. The molecule has 1 unspecified atom stereocenters. The second-order valence-electron chi connectivity index (χ2n) is 6.12. The molecule has 0 aliphatic heterocycles. The summed E-state index contributed by atoms with van der Waals surface area (Å²) in [6, 6.07) is 8.05. The van der Waals surface area contributed by atoms with Gasteiger partial charge in [-0.2, -0.15) is 0 Å². The van der Waals surface area contributed by atoms with Crippen molar-refractivity contribution in [3.8, 4) is 5.75 Å². The number of hydrogen-bond acceptors (Lipinski definition) is 3. The van der Waals surface area contributed by atoms with E-state index in [1.165, 1.54) is 18.4 Å². The number of benzene rings is 1. The standard InChI is InChI=1S/C19H30O3/c1-6-9-12-15(7-2)16-13-10-11-14-17(16)22-19(4,5)18(20)21-8-3/h10-11,13-15H,6-9,12H2,1-5H3. The third-order valence-corrected chi connectivity index (χ3v) is 3.89. The number of carbonyl (C=O) groups is 1. The first-order valence-electron chi connectivity index (χ1n) is 8.41. The summed E-state index contributed by atoms with van der Waals surface area (Å²) in [6.07, 6.45) is 4.61. The number of ether oxygens (including phenoxy) is 2. The summed E-state index contributed by atoms with van der Waals surface area (Å²) in [5.41, 5.74) is 0.214. The molecule has 0 amide bonds. The van der Waals surface area contributed by atoms with Gasteiger partial charge in [-0.3, -0.25) is 0 Å². The van der Waals surface area contributed by atoms with Crippen molar-refractivity contribution in [3.05, 3.63) is 29.8 Å². The highest BCUT2D eigenvalue weighted by Crippen LogP contribution is 2.34. The SMILES string of the molecule is CCCCC(CC)c1ccccc1OC(C)(C)C(=O)OCC. The van der Waals surface area contributed by atoms with Crippen LogP contribution >= 0.6 is 0 Å². The van der Waals surface area contributed by atoms with Crippen LogP contribution in [-0.4, -0.2) is 18.2 Å². The minimum Gasteiger partial charge on any atom is -0.476 e. The molecule has 0 spiro atoms. The van der Waals surface area contributed by atoms with Crippen molar-refractivity contribution in [2.24, 2.45) is 0 Å². The smallest absolute Gasteiger partial charge is 0.349 e. The normalized spacial score (nSPS) is 12.8. The van der Waals surface area contributed by atoms with Crippen molar-refractivity contribution in [1.82, 2.24) is 0 Å². The summed E-state index contributed by atoms with van der Waals surface area (Å²) in [5.74, 6) is 0.934. The average Bonchev–Trinajstić information content (AvgIpc) is 2.49. The minimum atomic E-state index is -0.977. The van der Waals surface area contributed by atoms with Crippen molar-refractivity contribution >= 4 is 5.97 Å². The number of esters is 1. The van der Waals surface area contributed by atoms with Gasteiger partial charge in [0.15, 0.2) is 5.60 Å². The van der Waals surface area contributed by atoms with E-state index in [4.69, 9.17) is 9.47 Å². The van der Waals surface area contributed by atoms with Crippen LogP contribution in [0.5, 0.6) is 5.75 Å². The molecule has 0 aromatic heterocycles. The zero-order valence-corrected chi connectivity index (χ0v) is 14.6. The molecule has 1 rings (SSSR count). The lowest BCUT2D eigenvalue weighted by Gasteiger charge is -2.27. The Morgan fingerprint density at radius 3 is 2.45 bits per heavy atom. The molecule has 0 N–H and O–H groups in total. The molecule has 0 aliphatic carbocycles. The Labute approximate surface area is 135 Å². The van der Waals surface area contributed by atoms with Crippen LogP contribution in [0, 0.1) is 0 Å². The molecule has 1 aromatic carbocycles. The van der Waals surface area contributed by atoms with Gasteiger partial charge in [0.05, 0.1) is 6.61 Å². The molecule has 124 valence electrons. The van der Waals surface area contributed by atoms with Gasteiger partial charge in [0.25, 0.3) is 0 Å². The number of rotatable bonds is 9. The van der Waals surface area contributed by atoms with Gasteiger partial charge >= 0.3 is 5.97 Å². The van der Waals surface area contributed by atoms with Crippen LogP contribution in [0.2, 0.25) is 0 Å². The highest BCUT2D eigenvalue weighted by Gasteiger charge is 2.32. The van der Waals surface area contributed by atoms with Crippen molar-refractivity contribution in [3.63, 3.8) is 0 Å². The van der Waals surface area contributed by atoms with E-state index >= 15 is 0 Å². The van der Waals surface area contributed by atoms with Crippen LogP contribution in [0.15, 0.2) is 24.3 Å². The van der Waals surface area contributed by atoms with Crippen LogP contribution in [0.1, 0.15) is 71.8 Å². The second-order valence-corrected chi connectivity index (χ2v) is 6.12. The Kier molecular flexibility index (Phi) is 7.43. The van der Waals surface area contributed by atoms with E-state index in [0.29, 0.717) is 12.5 Å². The molecule has 1 atom stereocenters. The van der Waals surface area contributed by atoms with E-state index in [2.05, 4.69) is 19.9 Å². The van der Waals surface area contributed by atoms with E-state index in [9.17, 15) is 4.79 Å². The zero-order valence-electron chi connectivity index (χ0n) is 14.6. The highest BCUT2D eigenvalue weighted by atomic mass is 16.6. The van der Waals surface area contributed by atoms with Gasteiger partial charge in [-0.1, -0.05) is 44.9 Å². The lowest BCUT2D eigenvalue weighted by Crippen LogP contribution is -2.40. The van der Waals surface area contributed by atoms with Gasteiger partial charge in [0, 0.05) is 0 Å². The van der Waals surface area contributed by atoms with Crippen LogP contribution in [-0.2, 0) is 9.53 Å². The first-order chi connectivity index (χ1) is 10.5. The molecule has 3 nitrogen and oxygen atoms in total. The van der Waals surface area contributed by atoms with Crippen LogP contribution in [0.3, 0.4) is 0 Å². The highest BCUT2D eigenvalue weighted by molar-refractivity contribution is 5.79. The average molecular weight is 306 g/mol. The number of para-hydroxylation sites is 1. The van der Waals surface area contributed by atoms with E-state index in [1.807, 2.05) is 18.2 Å². The molecule has 0 heterocycles. The summed E-state index contributed by atoms with van der Waals surface area (Å²) >= 11 is 0. The van der Waals surface area contributed by atoms with Crippen LogP contribution in [0.4, 0.5) is 0 Å². The summed E-state index contributed by atoms with van der Waals surface area (Å²) in [4.78, 5) is 12.0. The van der Waals surface area contributed by atoms with Gasteiger partial charge in [-0.25, -0.2) is 4.79 Å². The fraction of sp³-hybridized carbons (Fsp3) is 0.632. The Bertz CT molecular complexity index is 466. The molecule has 0 saturated carbocycles. The van der Waals surface area contributed by atoms with Crippen molar-refractivity contribution < 1.29 is 14.3 Å². The van der Waals surface area contributed by atoms with Gasteiger partial charge in [0.1, 0.15) is 5.75 Å². The van der Waals surface area contributed by atoms with E-state index < -0.39 is 5.60 Å². The van der Waals surface area contributed by atoms with E-state index in [-0.39, 0.29) is 5.97 Å². The third kappa shape index (κ3) is 5.04. The lowest BCUT2D eigenvalue weighted by atomic mass is 9.90. The first kappa shape index (κ1) is 18.5. The van der Waals surface area contributed by atoms with Gasteiger partial charge in [-0.05, 0) is 51.2 Å².